The molecule has 1 unspecified atom stereocenters. The molecule has 1 aromatic rings. The Morgan fingerprint density at radius 1 is 1.18 bits per heavy atom. The molecule has 1 heterocycles. The van der Waals surface area contributed by atoms with Gasteiger partial charge in [-0.2, -0.15) is 0 Å². The molecule has 1 nitrogen and oxygen atoms in total. The molecule has 0 amide bonds. The lowest BCUT2D eigenvalue weighted by Gasteiger charge is -2.19. The molecule has 0 radical (unpaired) electrons. The molecule has 176 valence electrons. The SMILES string of the molecule is C=C(C)\C(=C/C(=C\C)/C=C1/CSc2cc(/C(C)=C/C(C)C)ccc2C1=O)C(C)CC/C=C\C. The summed E-state index contributed by atoms with van der Waals surface area (Å²) in [5.41, 5.74) is 7.57. The fourth-order valence-corrected chi connectivity index (χ4v) is 5.17. The number of allylic oxidation sites excluding steroid dienone is 10. The van der Waals surface area contributed by atoms with Crippen molar-refractivity contribution < 1.29 is 4.79 Å². The molecule has 0 saturated heterocycles. The van der Waals surface area contributed by atoms with Gasteiger partial charge in [0, 0.05) is 21.8 Å². The molecule has 0 aliphatic carbocycles. The van der Waals surface area contributed by atoms with E-state index < -0.39 is 0 Å². The van der Waals surface area contributed by atoms with Gasteiger partial charge in [-0.3, -0.25) is 4.79 Å². The zero-order valence-electron chi connectivity index (χ0n) is 21.5. The van der Waals surface area contributed by atoms with E-state index in [0.29, 0.717) is 17.6 Å². The first-order valence-corrected chi connectivity index (χ1v) is 13.0. The second-order valence-electron chi connectivity index (χ2n) is 9.31. The average Bonchev–Trinajstić information content (AvgIpc) is 2.77. The number of hydrogen-bond acceptors (Lipinski definition) is 2. The highest BCUT2D eigenvalue weighted by Gasteiger charge is 2.23. The number of fused-ring (bicyclic) bond motifs is 1. The number of thioether (sulfide) groups is 1. The Morgan fingerprint density at radius 2 is 1.91 bits per heavy atom. The fourth-order valence-electron chi connectivity index (χ4n) is 4.12. The molecule has 1 aromatic carbocycles. The zero-order valence-corrected chi connectivity index (χ0v) is 22.3. The average molecular weight is 461 g/mol. The third-order valence-corrected chi connectivity index (χ3v) is 7.07. The number of carbonyl (C=O) groups excluding carboxylic acids is 1. The molecule has 1 atom stereocenters. The summed E-state index contributed by atoms with van der Waals surface area (Å²) in [6.07, 6.45) is 15.1. The van der Waals surface area contributed by atoms with E-state index in [0.717, 1.165) is 40.0 Å². The Hall–Kier alpha value is -2.32. The van der Waals surface area contributed by atoms with E-state index in [4.69, 9.17) is 0 Å². The van der Waals surface area contributed by atoms with Crippen molar-refractivity contribution in [1.29, 1.82) is 0 Å². The van der Waals surface area contributed by atoms with Gasteiger partial charge in [0.25, 0.3) is 0 Å². The summed E-state index contributed by atoms with van der Waals surface area (Å²) >= 11 is 1.76. The molecule has 1 aliphatic rings. The minimum absolute atomic E-state index is 0.145. The number of benzene rings is 1. The Balaban J connectivity index is 2.31. The van der Waals surface area contributed by atoms with Crippen LogP contribution in [-0.4, -0.2) is 11.5 Å². The standard InChI is InChI=1S/C31H40OS/c1-9-11-12-13-23(7)29(22(5)6)18-25(10-2)17-27-20-33-30-19-26(24(8)16-21(3)4)14-15-28(30)31(27)32/h9-11,14-19,21,23H,5,12-13,20H2,1-4,6-8H3/b11-9-,24-16+,25-10-,27-17-,29-18+. The molecule has 1 aliphatic heterocycles. The molecular formula is C31H40OS. The van der Waals surface area contributed by atoms with Crippen molar-refractivity contribution in [3.05, 3.63) is 94.7 Å². The molecular weight excluding hydrogens is 420 g/mol. The molecule has 2 heteroatoms. The molecule has 0 fully saturated rings. The van der Waals surface area contributed by atoms with Crippen LogP contribution in [0, 0.1) is 11.8 Å². The highest BCUT2D eigenvalue weighted by atomic mass is 32.2. The van der Waals surface area contributed by atoms with Crippen LogP contribution in [0.1, 0.15) is 77.2 Å². The Bertz CT molecular complexity index is 1030. The molecule has 0 bridgehead atoms. The van der Waals surface area contributed by atoms with E-state index in [2.05, 4.69) is 96.7 Å². The molecule has 0 N–H and O–H groups in total. The maximum atomic E-state index is 13.3. The summed E-state index contributed by atoms with van der Waals surface area (Å²) in [7, 11) is 0. The highest BCUT2D eigenvalue weighted by molar-refractivity contribution is 7.99. The van der Waals surface area contributed by atoms with Gasteiger partial charge in [-0.15, -0.1) is 11.8 Å². The Kier molecular flexibility index (Phi) is 10.4. The van der Waals surface area contributed by atoms with E-state index in [9.17, 15) is 4.79 Å². The summed E-state index contributed by atoms with van der Waals surface area (Å²) in [5, 5.41) is 0. The van der Waals surface area contributed by atoms with Crippen molar-refractivity contribution in [3.8, 4) is 0 Å². The maximum absolute atomic E-state index is 13.3. The quantitative estimate of drug-likeness (QED) is 0.207. The minimum atomic E-state index is 0.145. The van der Waals surface area contributed by atoms with Crippen molar-refractivity contribution in [2.45, 2.75) is 66.2 Å². The number of Topliss-reactive ketones (excluding diaryl/α,β-unsaturated/α-hetero) is 1. The van der Waals surface area contributed by atoms with Gasteiger partial charge in [0.2, 0.25) is 0 Å². The summed E-state index contributed by atoms with van der Waals surface area (Å²) in [5.74, 6) is 1.77. The second-order valence-corrected chi connectivity index (χ2v) is 10.3. The Labute approximate surface area is 206 Å². The summed E-state index contributed by atoms with van der Waals surface area (Å²) in [4.78, 5) is 14.4. The van der Waals surface area contributed by atoms with Gasteiger partial charge in [-0.1, -0.05) is 69.4 Å². The molecule has 33 heavy (non-hydrogen) atoms. The predicted molar refractivity (Wildman–Crippen MR) is 148 cm³/mol. The van der Waals surface area contributed by atoms with Gasteiger partial charge in [0.1, 0.15) is 0 Å². The van der Waals surface area contributed by atoms with Gasteiger partial charge >= 0.3 is 0 Å². The van der Waals surface area contributed by atoms with Crippen LogP contribution < -0.4 is 0 Å². The van der Waals surface area contributed by atoms with E-state index in [1.54, 1.807) is 11.8 Å². The summed E-state index contributed by atoms with van der Waals surface area (Å²) in [6, 6.07) is 6.25. The summed E-state index contributed by atoms with van der Waals surface area (Å²) in [6.45, 7) is 19.2. The van der Waals surface area contributed by atoms with Gasteiger partial charge in [0.15, 0.2) is 5.78 Å². The van der Waals surface area contributed by atoms with Crippen LogP contribution in [0.5, 0.6) is 0 Å². The topological polar surface area (TPSA) is 17.1 Å². The van der Waals surface area contributed by atoms with E-state index in [-0.39, 0.29) is 5.78 Å². The normalized spacial score (nSPS) is 17.8. The van der Waals surface area contributed by atoms with Crippen LogP contribution in [-0.2, 0) is 0 Å². The molecule has 0 saturated carbocycles. The number of rotatable bonds is 9. The largest absolute Gasteiger partial charge is 0.289 e. The van der Waals surface area contributed by atoms with Crippen LogP contribution in [0.15, 0.2) is 88.4 Å². The van der Waals surface area contributed by atoms with Gasteiger partial charge < -0.3 is 0 Å². The minimum Gasteiger partial charge on any atom is -0.289 e. The molecule has 0 aromatic heterocycles. The smallest absolute Gasteiger partial charge is 0.191 e. The van der Waals surface area contributed by atoms with Crippen LogP contribution in [0.2, 0.25) is 0 Å². The Morgan fingerprint density at radius 3 is 2.52 bits per heavy atom. The third kappa shape index (κ3) is 7.61. The van der Waals surface area contributed by atoms with Crippen LogP contribution in [0.3, 0.4) is 0 Å². The maximum Gasteiger partial charge on any atom is 0.191 e. The third-order valence-electron chi connectivity index (χ3n) is 5.96. The fraction of sp³-hybridized carbons (Fsp3) is 0.387. The van der Waals surface area contributed by atoms with Gasteiger partial charge in [-0.25, -0.2) is 0 Å². The first kappa shape index (κ1) is 26.9. The van der Waals surface area contributed by atoms with Crippen molar-refractivity contribution in [2.24, 2.45) is 11.8 Å². The van der Waals surface area contributed by atoms with Crippen molar-refractivity contribution in [1.82, 2.24) is 0 Å². The molecule has 0 spiro atoms. The molecule has 2 rings (SSSR count). The number of carbonyl (C=O) groups is 1. The second kappa shape index (κ2) is 12.8. The van der Waals surface area contributed by atoms with Gasteiger partial charge in [0.05, 0.1) is 0 Å². The lowest BCUT2D eigenvalue weighted by Crippen LogP contribution is -2.13. The van der Waals surface area contributed by atoms with Crippen molar-refractivity contribution in [3.63, 3.8) is 0 Å². The lowest BCUT2D eigenvalue weighted by molar-refractivity contribution is 0.103. The lowest BCUT2D eigenvalue weighted by atomic mass is 9.89. The van der Waals surface area contributed by atoms with Crippen molar-refractivity contribution >= 4 is 23.1 Å². The first-order chi connectivity index (χ1) is 15.7. The van der Waals surface area contributed by atoms with Crippen LogP contribution in [0.4, 0.5) is 0 Å². The van der Waals surface area contributed by atoms with E-state index in [1.165, 1.54) is 16.7 Å². The van der Waals surface area contributed by atoms with Crippen LogP contribution in [0.25, 0.3) is 5.57 Å². The highest BCUT2D eigenvalue weighted by Crippen LogP contribution is 2.35. The summed E-state index contributed by atoms with van der Waals surface area (Å²) < 4.78 is 0. The van der Waals surface area contributed by atoms with Gasteiger partial charge in [-0.05, 0) is 92.9 Å². The number of hydrogen-bond donors (Lipinski definition) is 0. The van der Waals surface area contributed by atoms with E-state index in [1.807, 2.05) is 13.0 Å². The van der Waals surface area contributed by atoms with Crippen LogP contribution >= 0.6 is 11.8 Å². The van der Waals surface area contributed by atoms with E-state index >= 15 is 0 Å². The predicted octanol–water partition coefficient (Wildman–Crippen LogP) is 9.40. The number of ketones is 1. The monoisotopic (exact) mass is 460 g/mol. The van der Waals surface area contributed by atoms with Crippen molar-refractivity contribution in [2.75, 3.05) is 5.75 Å². The zero-order chi connectivity index (χ0) is 24.5. The first-order valence-electron chi connectivity index (χ1n) is 12.0.